The molecule has 0 aliphatic rings. The maximum Gasteiger partial charge on any atom is 0.287 e. The summed E-state index contributed by atoms with van der Waals surface area (Å²) in [6, 6.07) is 8.99. The van der Waals surface area contributed by atoms with Gasteiger partial charge in [0.05, 0.1) is 5.41 Å². The Bertz CT molecular complexity index is 409. The molecule has 2 radical (unpaired) electrons. The Labute approximate surface area is 99.7 Å². The lowest BCUT2D eigenvalue weighted by atomic mass is 10.1. The molecule has 1 N–H and O–H groups in total. The van der Waals surface area contributed by atoms with Crippen molar-refractivity contribution in [3.8, 4) is 0 Å². The number of benzene rings is 1. The normalized spacial score (nSPS) is 12.0. The molecule has 5 heteroatoms. The van der Waals surface area contributed by atoms with Gasteiger partial charge in [-0.3, -0.25) is 4.55 Å². The van der Waals surface area contributed by atoms with Crippen LogP contribution in [0.25, 0.3) is 5.57 Å². The van der Waals surface area contributed by atoms with Crippen molar-refractivity contribution in [2.24, 2.45) is 0 Å². The first-order valence-corrected chi connectivity index (χ1v) is 5.20. The largest absolute Gasteiger partial charge is 0.287 e. The van der Waals surface area contributed by atoms with Crippen LogP contribution in [0.3, 0.4) is 0 Å². The van der Waals surface area contributed by atoms with Crippen molar-refractivity contribution in [2.75, 3.05) is 0 Å². The van der Waals surface area contributed by atoms with Crippen molar-refractivity contribution in [2.45, 2.75) is 6.92 Å². The molecule has 1 aromatic carbocycles. The zero-order chi connectivity index (χ0) is 9.90. The van der Waals surface area contributed by atoms with Gasteiger partial charge >= 0.3 is 0 Å². The fourth-order valence-electron chi connectivity index (χ4n) is 0.992. The predicted molar refractivity (Wildman–Crippen MR) is 57.4 cm³/mol. The van der Waals surface area contributed by atoms with E-state index >= 15 is 0 Å². The van der Waals surface area contributed by atoms with Gasteiger partial charge in [0.15, 0.2) is 0 Å². The van der Waals surface area contributed by atoms with E-state index in [-0.39, 0.29) is 23.1 Å². The fourth-order valence-corrected chi connectivity index (χ4v) is 1.58. The Kier molecular flexibility index (Phi) is 5.36. The van der Waals surface area contributed by atoms with Gasteiger partial charge in [-0.2, -0.15) is 8.42 Å². The molecule has 0 bridgehead atoms. The van der Waals surface area contributed by atoms with Crippen molar-refractivity contribution in [1.82, 2.24) is 0 Å². The molecule has 0 saturated carbocycles. The van der Waals surface area contributed by atoms with E-state index in [0.29, 0.717) is 5.57 Å². The molecule has 72 valence electrons. The van der Waals surface area contributed by atoms with E-state index in [9.17, 15) is 8.42 Å². The molecule has 0 aliphatic heterocycles. The highest BCUT2D eigenvalue weighted by atomic mass is 32.2. The van der Waals surface area contributed by atoms with Crippen LogP contribution in [-0.4, -0.2) is 36.0 Å². The van der Waals surface area contributed by atoms with E-state index in [1.165, 1.54) is 0 Å². The van der Waals surface area contributed by atoms with Crippen LogP contribution >= 0.6 is 0 Å². The molecule has 0 heterocycles. The lowest BCUT2D eigenvalue weighted by Crippen LogP contribution is -1.91. The summed E-state index contributed by atoms with van der Waals surface area (Å²) in [6.45, 7) is 1.63. The first-order valence-electron chi connectivity index (χ1n) is 3.70. The second-order valence-corrected chi connectivity index (χ2v) is 3.95. The minimum Gasteiger partial charge on any atom is -0.282 e. The molecule has 0 unspecified atom stereocenters. The van der Waals surface area contributed by atoms with Crippen molar-refractivity contribution >= 4 is 38.7 Å². The monoisotopic (exact) mass is 222 g/mol. The van der Waals surface area contributed by atoms with Gasteiger partial charge in [-0.15, -0.1) is 0 Å². The van der Waals surface area contributed by atoms with Crippen molar-refractivity contribution in [3.63, 3.8) is 0 Å². The second-order valence-electron chi connectivity index (χ2n) is 2.68. The summed E-state index contributed by atoms with van der Waals surface area (Å²) in [5.74, 6) is 0. The summed E-state index contributed by atoms with van der Waals surface area (Å²) in [5.41, 5.74) is 1.29. The maximum absolute atomic E-state index is 10.5. The third-order valence-corrected chi connectivity index (χ3v) is 2.21. The molecular weight excluding hydrogens is 212 g/mol. The highest BCUT2D eigenvalue weighted by molar-refractivity contribution is 7.89. The Morgan fingerprint density at radius 3 is 2.21 bits per heavy atom. The number of hydrogen-bond donors (Lipinski definition) is 1. The molecule has 0 saturated heterocycles. The van der Waals surface area contributed by atoms with Gasteiger partial charge in [0.1, 0.15) is 0 Å². The van der Waals surface area contributed by atoms with E-state index in [0.717, 1.165) is 11.0 Å². The Balaban J connectivity index is 0.00000169. The van der Waals surface area contributed by atoms with Crippen LogP contribution in [-0.2, 0) is 10.1 Å². The molecule has 0 amide bonds. The van der Waals surface area contributed by atoms with Gasteiger partial charge in [-0.25, -0.2) is 0 Å². The van der Waals surface area contributed by atoms with Crippen LogP contribution in [0.1, 0.15) is 12.5 Å². The standard InChI is InChI=1S/C9H10O3S.Mg/c1-8(7-13(10,11)12)9-5-3-2-4-6-9;/h2-7H,1H3,(H,10,11,12);. The Hall–Kier alpha value is -0.364. The quantitative estimate of drug-likeness (QED) is 0.610. The number of allylic oxidation sites excluding steroid dienone is 1. The molecule has 3 nitrogen and oxygen atoms in total. The summed E-state index contributed by atoms with van der Waals surface area (Å²) in [5, 5.41) is 0.836. The molecule has 0 aliphatic carbocycles. The molecule has 0 fully saturated rings. The predicted octanol–water partition coefficient (Wildman–Crippen LogP) is 1.55. The third-order valence-electron chi connectivity index (χ3n) is 1.55. The minimum absolute atomic E-state index is 0. The van der Waals surface area contributed by atoms with Crippen LogP contribution in [0.4, 0.5) is 0 Å². The van der Waals surface area contributed by atoms with E-state index in [2.05, 4.69) is 0 Å². The SMILES string of the molecule is CC(=CS(=O)(=O)O)c1ccccc1.[Mg]. The van der Waals surface area contributed by atoms with Gasteiger partial charge in [0.2, 0.25) is 0 Å². The summed E-state index contributed by atoms with van der Waals surface area (Å²) in [4.78, 5) is 0. The smallest absolute Gasteiger partial charge is 0.282 e. The van der Waals surface area contributed by atoms with Crippen molar-refractivity contribution in [3.05, 3.63) is 41.3 Å². The highest BCUT2D eigenvalue weighted by Crippen LogP contribution is 2.13. The lowest BCUT2D eigenvalue weighted by Gasteiger charge is -1.98. The summed E-state index contributed by atoms with van der Waals surface area (Å²) in [6.07, 6.45) is 0. The topological polar surface area (TPSA) is 54.4 Å². The molecule has 1 aromatic rings. The van der Waals surface area contributed by atoms with Crippen LogP contribution in [0.15, 0.2) is 35.7 Å². The van der Waals surface area contributed by atoms with Gasteiger partial charge in [0, 0.05) is 23.1 Å². The number of hydrogen-bond acceptors (Lipinski definition) is 2. The van der Waals surface area contributed by atoms with Gasteiger partial charge in [-0.05, 0) is 18.1 Å². The zero-order valence-corrected chi connectivity index (χ0v) is 10.1. The minimum atomic E-state index is -4.03. The molecule has 1 rings (SSSR count). The molecule has 0 atom stereocenters. The molecular formula is C9H10MgO3S. The van der Waals surface area contributed by atoms with Crippen LogP contribution in [0.5, 0.6) is 0 Å². The molecule has 0 aromatic heterocycles. The molecule has 0 spiro atoms. The van der Waals surface area contributed by atoms with E-state index in [4.69, 9.17) is 4.55 Å². The van der Waals surface area contributed by atoms with E-state index < -0.39 is 10.1 Å². The first-order chi connectivity index (χ1) is 5.99. The maximum atomic E-state index is 10.5. The fraction of sp³-hybridized carbons (Fsp3) is 0.111. The van der Waals surface area contributed by atoms with Gasteiger partial charge in [0.25, 0.3) is 10.1 Å². The summed E-state index contributed by atoms with van der Waals surface area (Å²) < 4.78 is 29.5. The Morgan fingerprint density at radius 1 is 1.29 bits per heavy atom. The van der Waals surface area contributed by atoms with Crippen LogP contribution in [0, 0.1) is 0 Å². The van der Waals surface area contributed by atoms with Crippen LogP contribution < -0.4 is 0 Å². The van der Waals surface area contributed by atoms with E-state index in [1.54, 1.807) is 31.2 Å². The molecule has 14 heavy (non-hydrogen) atoms. The van der Waals surface area contributed by atoms with E-state index in [1.807, 2.05) is 6.07 Å². The van der Waals surface area contributed by atoms with Crippen molar-refractivity contribution in [1.29, 1.82) is 0 Å². The summed E-state index contributed by atoms with van der Waals surface area (Å²) >= 11 is 0. The van der Waals surface area contributed by atoms with Crippen LogP contribution in [0.2, 0.25) is 0 Å². The third kappa shape index (κ3) is 4.76. The summed E-state index contributed by atoms with van der Waals surface area (Å²) in [7, 11) is -4.03. The first kappa shape index (κ1) is 13.6. The zero-order valence-electron chi connectivity index (χ0n) is 7.84. The van der Waals surface area contributed by atoms with Gasteiger partial charge < -0.3 is 0 Å². The van der Waals surface area contributed by atoms with Crippen molar-refractivity contribution < 1.29 is 13.0 Å². The Morgan fingerprint density at radius 2 is 1.79 bits per heavy atom. The number of rotatable bonds is 2. The highest BCUT2D eigenvalue weighted by Gasteiger charge is 2.01. The van der Waals surface area contributed by atoms with Gasteiger partial charge in [-0.1, -0.05) is 30.3 Å². The average Bonchev–Trinajstić information content (AvgIpc) is 2.03. The second kappa shape index (κ2) is 5.50. The lowest BCUT2D eigenvalue weighted by molar-refractivity contribution is 0.494. The average molecular weight is 223 g/mol.